The minimum atomic E-state index is 0.338. The summed E-state index contributed by atoms with van der Waals surface area (Å²) in [5, 5.41) is 3.40. The molecule has 1 aromatic rings. The molecule has 122 valence electrons. The van der Waals surface area contributed by atoms with Gasteiger partial charge in [-0.15, -0.1) is 0 Å². The van der Waals surface area contributed by atoms with Crippen LogP contribution in [0.3, 0.4) is 0 Å². The highest BCUT2D eigenvalue weighted by Gasteiger charge is 2.20. The van der Waals surface area contributed by atoms with Crippen molar-refractivity contribution in [3.8, 4) is 11.5 Å². The lowest BCUT2D eigenvalue weighted by molar-refractivity contribution is 0.182. The van der Waals surface area contributed by atoms with Gasteiger partial charge in [-0.2, -0.15) is 11.8 Å². The van der Waals surface area contributed by atoms with Crippen molar-refractivity contribution in [3.05, 3.63) is 23.8 Å². The molecule has 0 unspecified atom stereocenters. The van der Waals surface area contributed by atoms with Crippen molar-refractivity contribution in [3.63, 3.8) is 0 Å². The first-order valence-electron chi connectivity index (χ1n) is 8.20. The topological polar surface area (TPSA) is 33.7 Å². The summed E-state index contributed by atoms with van der Waals surface area (Å²) >= 11 is 2.02. The van der Waals surface area contributed by atoms with Gasteiger partial charge in [0.15, 0.2) is 11.5 Å². The molecule has 3 rings (SSSR count). The summed E-state index contributed by atoms with van der Waals surface area (Å²) in [4.78, 5) is 2.47. The molecule has 2 heterocycles. The van der Waals surface area contributed by atoms with Crippen molar-refractivity contribution in [2.45, 2.75) is 25.5 Å². The van der Waals surface area contributed by atoms with E-state index in [-0.39, 0.29) is 0 Å². The zero-order chi connectivity index (χ0) is 15.2. The van der Waals surface area contributed by atoms with Crippen LogP contribution in [-0.2, 0) is 6.54 Å². The van der Waals surface area contributed by atoms with Crippen LogP contribution in [0.1, 0.15) is 18.4 Å². The van der Waals surface area contributed by atoms with Crippen molar-refractivity contribution in [2.24, 2.45) is 0 Å². The fraction of sp³-hybridized carbons (Fsp3) is 0.647. The fourth-order valence-corrected chi connectivity index (χ4v) is 4.16. The molecule has 2 fully saturated rings. The predicted molar refractivity (Wildman–Crippen MR) is 92.1 cm³/mol. The summed E-state index contributed by atoms with van der Waals surface area (Å²) in [7, 11) is 1.75. The summed E-state index contributed by atoms with van der Waals surface area (Å²) in [6.45, 7) is 5.25. The van der Waals surface area contributed by atoms with Crippen LogP contribution in [-0.4, -0.2) is 55.8 Å². The van der Waals surface area contributed by atoms with E-state index in [0.717, 1.165) is 57.1 Å². The normalized spacial score (nSPS) is 20.8. The van der Waals surface area contributed by atoms with Crippen LogP contribution in [0, 0.1) is 0 Å². The van der Waals surface area contributed by atoms with Gasteiger partial charge in [-0.1, -0.05) is 12.1 Å². The number of para-hydroxylation sites is 1. The van der Waals surface area contributed by atoms with E-state index >= 15 is 0 Å². The maximum Gasteiger partial charge on any atom is 0.165 e. The second-order valence-electron chi connectivity index (χ2n) is 5.90. The summed E-state index contributed by atoms with van der Waals surface area (Å²) in [5.74, 6) is 4.23. The van der Waals surface area contributed by atoms with Crippen LogP contribution < -0.4 is 14.8 Å². The molecule has 0 bridgehead atoms. The fourth-order valence-electron chi connectivity index (χ4n) is 3.09. The number of nitrogens with one attached hydrogen (secondary N) is 1. The number of benzene rings is 1. The van der Waals surface area contributed by atoms with E-state index in [1.807, 2.05) is 17.8 Å². The Morgan fingerprint density at radius 2 is 2.00 bits per heavy atom. The molecule has 0 aromatic heterocycles. The number of thioether (sulfide) groups is 1. The van der Waals surface area contributed by atoms with E-state index < -0.39 is 0 Å². The van der Waals surface area contributed by atoms with Gasteiger partial charge in [0.2, 0.25) is 0 Å². The molecule has 1 N–H and O–H groups in total. The Morgan fingerprint density at radius 1 is 1.23 bits per heavy atom. The lowest BCUT2D eigenvalue weighted by Crippen LogP contribution is -2.42. The van der Waals surface area contributed by atoms with Gasteiger partial charge in [0, 0.05) is 38.3 Å². The minimum Gasteiger partial charge on any atom is -0.493 e. The molecule has 5 heteroatoms. The van der Waals surface area contributed by atoms with Gasteiger partial charge >= 0.3 is 0 Å². The predicted octanol–water partition coefficient (Wildman–Crippen LogP) is 2.37. The van der Waals surface area contributed by atoms with Crippen LogP contribution in [0.2, 0.25) is 0 Å². The molecular formula is C17H26N2O2S. The van der Waals surface area contributed by atoms with Gasteiger partial charge in [0.25, 0.3) is 0 Å². The average molecular weight is 322 g/mol. The molecule has 0 aliphatic carbocycles. The Labute approximate surface area is 137 Å². The summed E-state index contributed by atoms with van der Waals surface area (Å²) in [6.07, 6.45) is 2.61. The van der Waals surface area contributed by atoms with Crippen LogP contribution >= 0.6 is 11.8 Å². The highest BCUT2D eigenvalue weighted by Crippen LogP contribution is 2.34. The number of ether oxygens (including phenoxy) is 2. The number of piperazine rings is 1. The molecule has 1 aromatic carbocycles. The smallest absolute Gasteiger partial charge is 0.165 e. The zero-order valence-corrected chi connectivity index (χ0v) is 14.2. The van der Waals surface area contributed by atoms with Crippen molar-refractivity contribution in [1.29, 1.82) is 0 Å². The molecule has 0 radical (unpaired) electrons. The maximum atomic E-state index is 6.24. The van der Waals surface area contributed by atoms with E-state index in [4.69, 9.17) is 9.47 Å². The van der Waals surface area contributed by atoms with Gasteiger partial charge in [0.05, 0.1) is 7.11 Å². The lowest BCUT2D eigenvalue weighted by Gasteiger charge is -2.28. The summed E-state index contributed by atoms with van der Waals surface area (Å²) < 4.78 is 11.9. The molecule has 22 heavy (non-hydrogen) atoms. The number of rotatable bonds is 5. The van der Waals surface area contributed by atoms with Crippen LogP contribution in [0.4, 0.5) is 0 Å². The van der Waals surface area contributed by atoms with Crippen molar-refractivity contribution in [1.82, 2.24) is 10.2 Å². The first-order valence-corrected chi connectivity index (χ1v) is 9.35. The molecule has 0 amide bonds. The molecule has 2 aliphatic heterocycles. The average Bonchev–Trinajstić information content (AvgIpc) is 2.57. The Hall–Kier alpha value is -0.910. The van der Waals surface area contributed by atoms with Crippen molar-refractivity contribution < 1.29 is 9.47 Å². The van der Waals surface area contributed by atoms with Crippen LogP contribution in [0.15, 0.2) is 18.2 Å². The van der Waals surface area contributed by atoms with Crippen LogP contribution in [0.25, 0.3) is 0 Å². The van der Waals surface area contributed by atoms with Gasteiger partial charge in [0.1, 0.15) is 6.10 Å². The van der Waals surface area contributed by atoms with Gasteiger partial charge < -0.3 is 14.8 Å². The van der Waals surface area contributed by atoms with E-state index in [1.54, 1.807) is 7.11 Å². The first kappa shape index (κ1) is 16.0. The molecule has 0 spiro atoms. The Kier molecular flexibility index (Phi) is 5.87. The molecule has 4 nitrogen and oxygen atoms in total. The second-order valence-corrected chi connectivity index (χ2v) is 7.13. The third-order valence-electron chi connectivity index (χ3n) is 4.33. The van der Waals surface area contributed by atoms with E-state index in [1.165, 1.54) is 17.1 Å². The Morgan fingerprint density at radius 3 is 2.73 bits per heavy atom. The van der Waals surface area contributed by atoms with Crippen molar-refractivity contribution in [2.75, 3.05) is 44.8 Å². The third-order valence-corrected chi connectivity index (χ3v) is 5.38. The quantitative estimate of drug-likeness (QED) is 0.900. The Balaban J connectivity index is 1.71. The first-order chi connectivity index (χ1) is 10.9. The van der Waals surface area contributed by atoms with E-state index in [0.29, 0.717) is 6.10 Å². The summed E-state index contributed by atoms with van der Waals surface area (Å²) in [6, 6.07) is 6.29. The molecule has 2 saturated heterocycles. The number of hydrogen-bond acceptors (Lipinski definition) is 5. The van der Waals surface area contributed by atoms with Crippen LogP contribution in [0.5, 0.6) is 11.5 Å². The largest absolute Gasteiger partial charge is 0.493 e. The maximum absolute atomic E-state index is 6.24. The molecule has 0 atom stereocenters. The highest BCUT2D eigenvalue weighted by molar-refractivity contribution is 7.99. The molecule has 2 aliphatic rings. The van der Waals surface area contributed by atoms with Gasteiger partial charge in [-0.3, -0.25) is 4.90 Å². The zero-order valence-electron chi connectivity index (χ0n) is 13.3. The highest BCUT2D eigenvalue weighted by atomic mass is 32.2. The standard InChI is InChI=1S/C17H26N2O2S/c1-20-17-14(13-19-9-7-18-8-10-19)3-2-4-16(17)21-15-5-11-22-12-6-15/h2-4,15,18H,5-13H2,1H3. The Bertz CT molecular complexity index is 433. The van der Waals surface area contributed by atoms with Gasteiger partial charge in [-0.05, 0) is 30.4 Å². The monoisotopic (exact) mass is 322 g/mol. The molecule has 0 saturated carbocycles. The number of nitrogens with zero attached hydrogens (tertiary/aromatic N) is 1. The summed E-state index contributed by atoms with van der Waals surface area (Å²) in [5.41, 5.74) is 1.23. The van der Waals surface area contributed by atoms with E-state index in [2.05, 4.69) is 22.3 Å². The third kappa shape index (κ3) is 4.09. The number of hydrogen-bond donors (Lipinski definition) is 1. The molecular weight excluding hydrogens is 296 g/mol. The number of methoxy groups -OCH3 is 1. The second kappa shape index (κ2) is 8.09. The van der Waals surface area contributed by atoms with Gasteiger partial charge in [-0.25, -0.2) is 0 Å². The van der Waals surface area contributed by atoms with E-state index in [9.17, 15) is 0 Å². The minimum absolute atomic E-state index is 0.338. The lowest BCUT2D eigenvalue weighted by atomic mass is 10.1. The SMILES string of the molecule is COc1c(CN2CCNCC2)cccc1OC1CCSCC1. The van der Waals surface area contributed by atoms with Crippen molar-refractivity contribution >= 4 is 11.8 Å².